The molecule has 0 bridgehead atoms. The molecule has 0 radical (unpaired) electrons. The number of nitrogens with zero attached hydrogens (tertiary/aromatic N) is 2. The summed E-state index contributed by atoms with van der Waals surface area (Å²) in [6.07, 6.45) is 2.40. The molecule has 3 heterocycles. The molecule has 1 N–H and O–H groups in total. The summed E-state index contributed by atoms with van der Waals surface area (Å²) in [5, 5.41) is 1.82. The fourth-order valence-corrected chi connectivity index (χ4v) is 3.95. The van der Waals surface area contributed by atoms with E-state index in [1.54, 1.807) is 6.20 Å². The summed E-state index contributed by atoms with van der Waals surface area (Å²) in [4.78, 5) is 25.5. The number of hydrogen-bond donors (Lipinski definition) is 1. The lowest BCUT2D eigenvalue weighted by Crippen LogP contribution is -2.41. The molecule has 0 aliphatic carbocycles. The summed E-state index contributed by atoms with van der Waals surface area (Å²) in [6, 6.07) is 7.71. The van der Waals surface area contributed by atoms with Crippen LogP contribution in [0.4, 0.5) is 0 Å². The zero-order valence-corrected chi connectivity index (χ0v) is 20.0. The van der Waals surface area contributed by atoms with Crippen LogP contribution in [0.2, 0.25) is 0 Å². The Hall–Kier alpha value is -2.22. The molecule has 2 aromatic rings. The number of hydrogen-bond acceptors (Lipinski definition) is 6. The van der Waals surface area contributed by atoms with Crippen molar-refractivity contribution in [2.45, 2.75) is 77.7 Å². The molecular formula is C24H32BN3O4. The van der Waals surface area contributed by atoms with Gasteiger partial charge < -0.3 is 14.3 Å². The van der Waals surface area contributed by atoms with Gasteiger partial charge in [-0.05, 0) is 65.9 Å². The average Bonchev–Trinajstić information content (AvgIpc) is 3.37. The number of rotatable bonds is 4. The van der Waals surface area contributed by atoms with Crippen LogP contribution in [-0.2, 0) is 18.9 Å². The highest BCUT2D eigenvalue weighted by atomic mass is 16.7. The van der Waals surface area contributed by atoms with Crippen molar-refractivity contribution in [2.75, 3.05) is 6.54 Å². The van der Waals surface area contributed by atoms with Gasteiger partial charge in [0.05, 0.1) is 28.7 Å². The maximum atomic E-state index is 11.5. The molecule has 1 aromatic heterocycles. The summed E-state index contributed by atoms with van der Waals surface area (Å²) in [6.45, 7) is 14.8. The van der Waals surface area contributed by atoms with E-state index in [-0.39, 0.29) is 22.8 Å². The Bertz CT molecular complexity index is 1020. The Balaban J connectivity index is 1.54. The van der Waals surface area contributed by atoms with E-state index in [2.05, 4.69) is 15.9 Å². The van der Waals surface area contributed by atoms with Gasteiger partial charge >= 0.3 is 7.12 Å². The van der Waals surface area contributed by atoms with Crippen LogP contribution in [0.5, 0.6) is 0 Å². The van der Waals surface area contributed by atoms with Crippen LogP contribution in [-0.4, -0.2) is 51.4 Å². The number of aromatic nitrogens is 2. The van der Waals surface area contributed by atoms with E-state index >= 15 is 0 Å². The van der Waals surface area contributed by atoms with Crippen LogP contribution in [0.15, 0.2) is 36.0 Å². The zero-order valence-electron chi connectivity index (χ0n) is 20.0. The van der Waals surface area contributed by atoms with E-state index in [0.29, 0.717) is 24.4 Å². The quantitative estimate of drug-likeness (QED) is 0.582. The number of H-pyrrole nitrogens is 1. The number of carbonyl (C=O) groups excluding carboxylic acids is 1. The highest BCUT2D eigenvalue weighted by molar-refractivity contribution is 6.62. The van der Waals surface area contributed by atoms with Gasteiger partial charge in [0.15, 0.2) is 0 Å². The van der Waals surface area contributed by atoms with Gasteiger partial charge in [-0.25, -0.2) is 9.78 Å². The number of nitrogens with one attached hydrogen (secondary N) is 1. The number of hydroxylamine groups is 2. The molecule has 0 unspecified atom stereocenters. The minimum absolute atomic E-state index is 0.357. The minimum Gasteiger partial charge on any atom is -0.399 e. The first-order valence-corrected chi connectivity index (χ1v) is 11.1. The third-order valence-electron chi connectivity index (χ3n) is 6.34. The van der Waals surface area contributed by atoms with Crippen LogP contribution < -0.4 is 5.46 Å². The first-order chi connectivity index (χ1) is 14.9. The molecule has 2 saturated heterocycles. The van der Waals surface area contributed by atoms with Crippen LogP contribution >= 0.6 is 0 Å². The Kier molecular flexibility index (Phi) is 5.72. The monoisotopic (exact) mass is 437 g/mol. The largest absolute Gasteiger partial charge is 0.494 e. The lowest BCUT2D eigenvalue weighted by atomic mass is 9.79. The van der Waals surface area contributed by atoms with Crippen molar-refractivity contribution < 1.29 is 18.9 Å². The molecular weight excluding hydrogens is 405 g/mol. The maximum Gasteiger partial charge on any atom is 0.494 e. The first kappa shape index (κ1) is 23.0. The van der Waals surface area contributed by atoms with Gasteiger partial charge in [0.2, 0.25) is 0 Å². The Morgan fingerprint density at radius 1 is 1.16 bits per heavy atom. The predicted octanol–water partition coefficient (Wildman–Crippen LogP) is 3.61. The second-order valence-electron chi connectivity index (χ2n) is 10.5. The summed E-state index contributed by atoms with van der Waals surface area (Å²) in [5.74, 6) is 2.76. The number of aromatic amines is 1. The molecule has 0 spiro atoms. The second-order valence-corrected chi connectivity index (χ2v) is 10.5. The van der Waals surface area contributed by atoms with E-state index in [1.165, 1.54) is 0 Å². The van der Waals surface area contributed by atoms with Gasteiger partial charge in [-0.1, -0.05) is 24.3 Å². The molecule has 2 fully saturated rings. The van der Waals surface area contributed by atoms with Crippen molar-refractivity contribution in [3.8, 4) is 11.3 Å². The molecule has 170 valence electrons. The van der Waals surface area contributed by atoms with E-state index < -0.39 is 7.12 Å². The summed E-state index contributed by atoms with van der Waals surface area (Å²) in [5.41, 5.74) is 2.36. The predicted molar refractivity (Wildman–Crippen MR) is 124 cm³/mol. The Morgan fingerprint density at radius 2 is 1.78 bits per heavy atom. The maximum absolute atomic E-state index is 11.5. The molecule has 7 nitrogen and oxygen atoms in total. The van der Waals surface area contributed by atoms with E-state index in [9.17, 15) is 4.79 Å². The van der Waals surface area contributed by atoms with E-state index in [1.807, 2.05) is 77.8 Å². The molecule has 0 amide bonds. The lowest BCUT2D eigenvalue weighted by Gasteiger charge is -2.32. The highest BCUT2D eigenvalue weighted by Crippen LogP contribution is 2.38. The van der Waals surface area contributed by atoms with Gasteiger partial charge in [-0.2, -0.15) is 5.06 Å². The Labute approximate surface area is 190 Å². The second kappa shape index (κ2) is 7.98. The van der Waals surface area contributed by atoms with Crippen molar-refractivity contribution in [2.24, 2.45) is 0 Å². The van der Waals surface area contributed by atoms with Crippen molar-refractivity contribution in [3.05, 3.63) is 41.9 Å². The van der Waals surface area contributed by atoms with Gasteiger partial charge in [-0.15, -0.1) is 0 Å². The highest BCUT2D eigenvalue weighted by Gasteiger charge is 2.51. The van der Waals surface area contributed by atoms with Crippen molar-refractivity contribution >= 4 is 18.5 Å². The molecule has 2 aliphatic heterocycles. The number of imidazole rings is 1. The van der Waals surface area contributed by atoms with Crippen LogP contribution in [0.25, 0.3) is 11.3 Å². The lowest BCUT2D eigenvalue weighted by molar-refractivity contribution is -0.235. The molecule has 4 rings (SSSR count). The minimum atomic E-state index is -0.395. The standard InChI is InChI=1S/C24H32BN3O4/c1-22(2,3)32-28-13-12-17(15-29)20(28)21-26-14-19(27-21)16-8-10-18(11-9-16)25-30-23(4,5)24(6,7)31-25/h8-11,14,20H,12-13H2,1-7H3,(H,26,27)/t20-/m0/s1. The van der Waals surface area contributed by atoms with Crippen LogP contribution in [0.1, 0.15) is 66.8 Å². The van der Waals surface area contributed by atoms with Gasteiger partial charge in [0, 0.05) is 12.1 Å². The average molecular weight is 437 g/mol. The summed E-state index contributed by atoms with van der Waals surface area (Å²) < 4.78 is 12.3. The van der Waals surface area contributed by atoms with Crippen LogP contribution in [0.3, 0.4) is 0 Å². The zero-order chi connectivity index (χ0) is 23.3. The van der Waals surface area contributed by atoms with Gasteiger partial charge in [0.25, 0.3) is 0 Å². The van der Waals surface area contributed by atoms with Crippen LogP contribution in [0, 0.1) is 0 Å². The van der Waals surface area contributed by atoms with E-state index in [4.69, 9.17) is 14.1 Å². The fraction of sp³-hybridized carbons (Fsp3) is 0.542. The smallest absolute Gasteiger partial charge is 0.399 e. The van der Waals surface area contributed by atoms with Crippen molar-refractivity contribution in [3.63, 3.8) is 0 Å². The van der Waals surface area contributed by atoms with Crippen molar-refractivity contribution in [1.82, 2.24) is 15.0 Å². The first-order valence-electron chi connectivity index (χ1n) is 11.1. The summed E-state index contributed by atoms with van der Waals surface area (Å²) >= 11 is 0. The molecule has 2 aliphatic rings. The van der Waals surface area contributed by atoms with Gasteiger partial charge in [0.1, 0.15) is 17.8 Å². The third kappa shape index (κ3) is 4.34. The van der Waals surface area contributed by atoms with E-state index in [0.717, 1.165) is 16.7 Å². The van der Waals surface area contributed by atoms with Gasteiger partial charge in [-0.3, -0.25) is 4.84 Å². The SMILES string of the molecule is CC(C)(C)ON1CCC(=C=O)[C@H]1c1ncc(-c2ccc(B3OC(C)(C)C(C)(C)O3)cc2)[nH]1. The fourth-order valence-electron chi connectivity index (χ4n) is 3.95. The normalized spacial score (nSPS) is 23.0. The van der Waals surface area contributed by atoms with Crippen molar-refractivity contribution in [1.29, 1.82) is 0 Å². The number of benzene rings is 1. The summed E-state index contributed by atoms with van der Waals surface area (Å²) in [7, 11) is -0.395. The molecule has 0 saturated carbocycles. The third-order valence-corrected chi connectivity index (χ3v) is 6.34. The molecule has 1 atom stereocenters. The Morgan fingerprint density at radius 3 is 2.34 bits per heavy atom. The molecule has 8 heteroatoms. The molecule has 32 heavy (non-hydrogen) atoms. The topological polar surface area (TPSA) is 76.7 Å². The molecule has 1 aromatic carbocycles.